The molecule has 1 aliphatic carbocycles. The molecule has 3 nitrogen and oxygen atoms in total. The molecule has 0 aliphatic heterocycles. The minimum absolute atomic E-state index is 0. The molecule has 0 spiro atoms. The van der Waals surface area contributed by atoms with Crippen LogP contribution < -0.4 is 10.1 Å². The van der Waals surface area contributed by atoms with Crippen LogP contribution in [0.25, 0.3) is 10.8 Å². The van der Waals surface area contributed by atoms with Gasteiger partial charge in [-0.2, -0.15) is 0 Å². The highest BCUT2D eigenvalue weighted by molar-refractivity contribution is 5.88. The molecular weight excluding hydrogens is 322 g/mol. The van der Waals surface area contributed by atoms with E-state index in [9.17, 15) is 5.11 Å². The molecule has 1 saturated carbocycles. The van der Waals surface area contributed by atoms with Crippen molar-refractivity contribution in [3.05, 3.63) is 42.5 Å². The Hall–Kier alpha value is -1.29. The molecule has 1 fully saturated rings. The molecule has 4 heteroatoms. The Kier molecular flexibility index (Phi) is 6.90. The first kappa shape index (κ1) is 19.0. The third-order valence-electron chi connectivity index (χ3n) is 4.90. The summed E-state index contributed by atoms with van der Waals surface area (Å²) in [5.74, 6) is 0.839. The second kappa shape index (κ2) is 8.70. The number of ether oxygens (including phenoxy) is 1. The van der Waals surface area contributed by atoms with Gasteiger partial charge in [0, 0.05) is 17.5 Å². The molecule has 1 unspecified atom stereocenters. The summed E-state index contributed by atoms with van der Waals surface area (Å²) in [6.07, 6.45) is 5.81. The van der Waals surface area contributed by atoms with Crippen molar-refractivity contribution in [3.63, 3.8) is 0 Å². The molecule has 0 radical (unpaired) electrons. The lowest BCUT2D eigenvalue weighted by atomic mass is 9.83. The Morgan fingerprint density at radius 3 is 2.58 bits per heavy atom. The van der Waals surface area contributed by atoms with Gasteiger partial charge in [-0.15, -0.1) is 12.4 Å². The van der Waals surface area contributed by atoms with E-state index in [4.69, 9.17) is 4.74 Å². The highest BCUT2D eigenvalue weighted by atomic mass is 35.5. The van der Waals surface area contributed by atoms with Gasteiger partial charge in [0.15, 0.2) is 0 Å². The Bertz CT molecular complexity index is 635. The summed E-state index contributed by atoms with van der Waals surface area (Å²) in [4.78, 5) is 0. The zero-order valence-corrected chi connectivity index (χ0v) is 15.1. The molecule has 0 amide bonds. The number of halogens is 1. The Morgan fingerprint density at radius 2 is 1.79 bits per heavy atom. The third kappa shape index (κ3) is 4.85. The minimum Gasteiger partial charge on any atom is -0.490 e. The van der Waals surface area contributed by atoms with E-state index in [1.165, 1.54) is 32.1 Å². The lowest BCUT2D eigenvalue weighted by Gasteiger charge is -2.35. The molecule has 0 heterocycles. The van der Waals surface area contributed by atoms with Crippen molar-refractivity contribution < 1.29 is 9.84 Å². The van der Waals surface area contributed by atoms with Crippen molar-refractivity contribution in [2.45, 2.75) is 50.7 Å². The van der Waals surface area contributed by atoms with Gasteiger partial charge in [0.1, 0.15) is 18.5 Å². The molecule has 2 aromatic carbocycles. The van der Waals surface area contributed by atoms with Crippen molar-refractivity contribution in [3.8, 4) is 5.75 Å². The zero-order chi connectivity index (χ0) is 16.1. The monoisotopic (exact) mass is 349 g/mol. The Labute approximate surface area is 150 Å². The van der Waals surface area contributed by atoms with Gasteiger partial charge < -0.3 is 15.2 Å². The second-order valence-electron chi connectivity index (χ2n) is 6.94. The summed E-state index contributed by atoms with van der Waals surface area (Å²) in [6, 6.07) is 14.2. The van der Waals surface area contributed by atoms with Gasteiger partial charge in [-0.3, -0.25) is 0 Å². The summed E-state index contributed by atoms with van der Waals surface area (Å²) < 4.78 is 5.86. The second-order valence-corrected chi connectivity index (χ2v) is 6.94. The van der Waals surface area contributed by atoms with Crippen molar-refractivity contribution >= 4 is 23.2 Å². The van der Waals surface area contributed by atoms with E-state index in [-0.39, 0.29) is 17.9 Å². The number of benzene rings is 2. The standard InChI is InChI=1S/C20H27NO2.ClH/c1-20(12-5-2-6-13-20)21-14-17(22)15-23-19-11-7-9-16-8-3-4-10-18(16)19;/h3-4,7-11,17,21-22H,2,5-6,12-15H2,1H3;1H. The van der Waals surface area contributed by atoms with Gasteiger partial charge in [-0.1, -0.05) is 55.7 Å². The maximum atomic E-state index is 10.2. The van der Waals surface area contributed by atoms with E-state index in [1.54, 1.807) is 0 Å². The van der Waals surface area contributed by atoms with Crippen molar-refractivity contribution in [1.29, 1.82) is 0 Å². The first-order valence-electron chi connectivity index (χ1n) is 8.70. The van der Waals surface area contributed by atoms with Crippen molar-refractivity contribution in [2.24, 2.45) is 0 Å². The number of β-amino-alcohol motifs (C(OH)–C–C–N with tert-alkyl or cyclic N) is 1. The lowest BCUT2D eigenvalue weighted by molar-refractivity contribution is 0.0937. The number of rotatable bonds is 6. The normalized spacial score (nSPS) is 17.9. The molecule has 2 N–H and O–H groups in total. The van der Waals surface area contributed by atoms with Crippen LogP contribution in [-0.4, -0.2) is 29.9 Å². The molecule has 0 bridgehead atoms. The fraction of sp³-hybridized carbons (Fsp3) is 0.500. The van der Waals surface area contributed by atoms with Crippen LogP contribution in [0.1, 0.15) is 39.0 Å². The number of hydrogen-bond donors (Lipinski definition) is 2. The van der Waals surface area contributed by atoms with Gasteiger partial charge in [0.2, 0.25) is 0 Å². The lowest BCUT2D eigenvalue weighted by Crippen LogP contribution is -2.48. The van der Waals surface area contributed by atoms with Crippen LogP contribution >= 0.6 is 12.4 Å². The summed E-state index contributed by atoms with van der Waals surface area (Å²) in [6.45, 7) is 3.17. The average molecular weight is 350 g/mol. The number of nitrogens with one attached hydrogen (secondary N) is 1. The molecular formula is C20H28ClNO2. The first-order valence-corrected chi connectivity index (χ1v) is 8.70. The topological polar surface area (TPSA) is 41.5 Å². The van der Waals surface area contributed by atoms with Gasteiger partial charge in [0.05, 0.1) is 0 Å². The van der Waals surface area contributed by atoms with Crippen LogP contribution in [0.2, 0.25) is 0 Å². The van der Waals surface area contributed by atoms with E-state index in [0.717, 1.165) is 16.5 Å². The third-order valence-corrected chi connectivity index (χ3v) is 4.90. The molecule has 24 heavy (non-hydrogen) atoms. The highest BCUT2D eigenvalue weighted by Crippen LogP contribution is 2.28. The number of hydrogen-bond acceptors (Lipinski definition) is 3. The Morgan fingerprint density at radius 1 is 1.08 bits per heavy atom. The van der Waals surface area contributed by atoms with Crippen molar-refractivity contribution in [1.82, 2.24) is 5.32 Å². The molecule has 2 aromatic rings. The SMILES string of the molecule is CC1(NCC(O)COc2cccc3ccccc23)CCCCC1.Cl. The maximum absolute atomic E-state index is 10.2. The van der Waals surface area contributed by atoms with Crippen LogP contribution in [0.15, 0.2) is 42.5 Å². The van der Waals surface area contributed by atoms with Crippen LogP contribution in [0, 0.1) is 0 Å². The van der Waals surface area contributed by atoms with Gasteiger partial charge in [0.25, 0.3) is 0 Å². The molecule has 132 valence electrons. The average Bonchev–Trinajstić information content (AvgIpc) is 2.59. The molecule has 0 aromatic heterocycles. The number of aliphatic hydroxyl groups is 1. The fourth-order valence-corrected chi connectivity index (χ4v) is 3.44. The highest BCUT2D eigenvalue weighted by Gasteiger charge is 2.26. The summed E-state index contributed by atoms with van der Waals surface area (Å²) >= 11 is 0. The molecule has 0 saturated heterocycles. The largest absolute Gasteiger partial charge is 0.490 e. The van der Waals surface area contributed by atoms with Crippen LogP contribution in [-0.2, 0) is 0 Å². The van der Waals surface area contributed by atoms with Gasteiger partial charge in [-0.05, 0) is 31.2 Å². The number of fused-ring (bicyclic) bond motifs is 1. The Balaban J connectivity index is 0.00000208. The predicted molar refractivity (Wildman–Crippen MR) is 102 cm³/mol. The van der Waals surface area contributed by atoms with E-state index >= 15 is 0 Å². The minimum atomic E-state index is -0.493. The summed E-state index contributed by atoms with van der Waals surface area (Å²) in [5, 5.41) is 16.0. The molecule has 1 aliphatic rings. The van der Waals surface area contributed by atoms with E-state index in [2.05, 4.69) is 30.4 Å². The van der Waals surface area contributed by atoms with E-state index in [1.807, 2.05) is 24.3 Å². The predicted octanol–water partition coefficient (Wildman–Crippen LogP) is 4.31. The maximum Gasteiger partial charge on any atom is 0.127 e. The van der Waals surface area contributed by atoms with E-state index in [0.29, 0.717) is 13.2 Å². The van der Waals surface area contributed by atoms with Crippen LogP contribution in [0.5, 0.6) is 5.75 Å². The van der Waals surface area contributed by atoms with Crippen LogP contribution in [0.3, 0.4) is 0 Å². The fourth-order valence-electron chi connectivity index (χ4n) is 3.44. The smallest absolute Gasteiger partial charge is 0.127 e. The molecule has 3 rings (SSSR count). The molecule has 1 atom stereocenters. The van der Waals surface area contributed by atoms with Gasteiger partial charge in [-0.25, -0.2) is 0 Å². The van der Waals surface area contributed by atoms with Crippen molar-refractivity contribution in [2.75, 3.05) is 13.2 Å². The summed E-state index contributed by atoms with van der Waals surface area (Å²) in [5.41, 5.74) is 0.179. The summed E-state index contributed by atoms with van der Waals surface area (Å²) in [7, 11) is 0. The number of aliphatic hydroxyl groups excluding tert-OH is 1. The van der Waals surface area contributed by atoms with E-state index < -0.39 is 6.10 Å². The zero-order valence-electron chi connectivity index (χ0n) is 14.3. The first-order chi connectivity index (χ1) is 11.2. The van der Waals surface area contributed by atoms with Gasteiger partial charge >= 0.3 is 0 Å². The van der Waals surface area contributed by atoms with Crippen LogP contribution in [0.4, 0.5) is 0 Å². The quantitative estimate of drug-likeness (QED) is 0.816.